The average Bonchev–Trinajstić information content (AvgIpc) is 3.34. The second-order valence-electron chi connectivity index (χ2n) is 9.32. The standard InChI is InChI=1S/C28H27N3O4/c1-16-10-6-9-13-25(16)31-26(32)21-11-7-8-12-24(21)28(27(31)33,14-22-17(2)29-34-19(22)4)15-23-18(3)30-35-20(23)5/h6-13H,14-15H2,1-5H3. The van der Waals surface area contributed by atoms with Crippen molar-refractivity contribution in [1.82, 2.24) is 10.3 Å². The summed E-state index contributed by atoms with van der Waals surface area (Å²) in [7, 11) is 0. The van der Waals surface area contributed by atoms with Gasteiger partial charge in [-0.2, -0.15) is 0 Å². The predicted octanol–water partition coefficient (Wildman–Crippen LogP) is 5.11. The highest BCUT2D eigenvalue weighted by molar-refractivity contribution is 6.27. The minimum Gasteiger partial charge on any atom is -0.361 e. The van der Waals surface area contributed by atoms with Crippen LogP contribution in [0.5, 0.6) is 0 Å². The van der Waals surface area contributed by atoms with E-state index in [0.717, 1.165) is 28.1 Å². The maximum atomic E-state index is 14.7. The van der Waals surface area contributed by atoms with Gasteiger partial charge >= 0.3 is 0 Å². The fraction of sp³-hybridized carbons (Fsp3) is 0.286. The number of aromatic nitrogens is 2. The molecule has 3 heterocycles. The number of fused-ring (bicyclic) bond motifs is 1. The number of hydrogen-bond donors (Lipinski definition) is 0. The molecule has 0 N–H and O–H groups in total. The molecule has 0 bridgehead atoms. The van der Waals surface area contributed by atoms with E-state index in [1.54, 1.807) is 6.07 Å². The Morgan fingerprint density at radius 2 is 1.31 bits per heavy atom. The van der Waals surface area contributed by atoms with E-state index in [4.69, 9.17) is 9.05 Å². The van der Waals surface area contributed by atoms with Crippen LogP contribution in [0.3, 0.4) is 0 Å². The fourth-order valence-corrected chi connectivity index (χ4v) is 5.18. The number of rotatable bonds is 5. The van der Waals surface area contributed by atoms with Gasteiger partial charge in [-0.05, 0) is 70.7 Å². The SMILES string of the molecule is Cc1ccccc1N1C(=O)c2ccccc2C(Cc2c(C)noc2C)(Cc2c(C)noc2C)C1=O. The molecule has 5 rings (SSSR count). The van der Waals surface area contributed by atoms with Crippen LogP contribution in [0.25, 0.3) is 0 Å². The van der Waals surface area contributed by atoms with Crippen molar-refractivity contribution < 1.29 is 18.6 Å². The van der Waals surface area contributed by atoms with Gasteiger partial charge in [-0.25, -0.2) is 4.90 Å². The molecule has 0 spiro atoms. The summed E-state index contributed by atoms with van der Waals surface area (Å²) in [5.41, 5.74) is 4.70. The number of para-hydroxylation sites is 1. The van der Waals surface area contributed by atoms with E-state index in [0.29, 0.717) is 41.2 Å². The van der Waals surface area contributed by atoms with Gasteiger partial charge in [-0.3, -0.25) is 9.59 Å². The van der Waals surface area contributed by atoms with E-state index < -0.39 is 5.41 Å². The first-order valence-corrected chi connectivity index (χ1v) is 11.6. The third-order valence-corrected chi connectivity index (χ3v) is 7.16. The molecule has 1 aliphatic rings. The number of imide groups is 1. The van der Waals surface area contributed by atoms with Gasteiger partial charge in [0.1, 0.15) is 11.5 Å². The number of aryl methyl sites for hydroxylation is 5. The first-order valence-electron chi connectivity index (χ1n) is 11.6. The smallest absolute Gasteiger partial charge is 0.265 e. The van der Waals surface area contributed by atoms with Gasteiger partial charge in [-0.1, -0.05) is 46.7 Å². The molecule has 2 aromatic heterocycles. The minimum atomic E-state index is -1.10. The van der Waals surface area contributed by atoms with Crippen molar-refractivity contribution in [3.63, 3.8) is 0 Å². The summed E-state index contributed by atoms with van der Waals surface area (Å²) in [5, 5.41) is 8.27. The van der Waals surface area contributed by atoms with E-state index in [9.17, 15) is 9.59 Å². The molecule has 178 valence electrons. The lowest BCUT2D eigenvalue weighted by Crippen LogP contribution is -2.57. The number of carbonyl (C=O) groups excluding carboxylic acids is 2. The van der Waals surface area contributed by atoms with Gasteiger partial charge < -0.3 is 9.05 Å². The van der Waals surface area contributed by atoms with Crippen LogP contribution < -0.4 is 4.90 Å². The van der Waals surface area contributed by atoms with Crippen molar-refractivity contribution in [2.45, 2.75) is 52.9 Å². The number of amides is 2. The molecule has 0 saturated carbocycles. The van der Waals surface area contributed by atoms with E-state index in [-0.39, 0.29) is 11.8 Å². The molecule has 0 atom stereocenters. The molecular formula is C28H27N3O4. The van der Waals surface area contributed by atoms with Gasteiger partial charge in [0.2, 0.25) is 5.91 Å². The van der Waals surface area contributed by atoms with Crippen LogP contribution in [0.2, 0.25) is 0 Å². The summed E-state index contributed by atoms with van der Waals surface area (Å²) in [6.07, 6.45) is 0.646. The molecule has 2 amide bonds. The Kier molecular flexibility index (Phi) is 5.43. The maximum Gasteiger partial charge on any atom is 0.265 e. The monoisotopic (exact) mass is 469 g/mol. The molecule has 0 fully saturated rings. The maximum absolute atomic E-state index is 14.7. The molecule has 7 heteroatoms. The molecule has 0 radical (unpaired) electrons. The van der Waals surface area contributed by atoms with Gasteiger partial charge in [0.15, 0.2) is 0 Å². The van der Waals surface area contributed by atoms with Gasteiger partial charge in [0, 0.05) is 16.7 Å². The van der Waals surface area contributed by atoms with Crippen LogP contribution in [0, 0.1) is 34.6 Å². The van der Waals surface area contributed by atoms with E-state index in [1.165, 1.54) is 4.90 Å². The highest BCUT2D eigenvalue weighted by Crippen LogP contribution is 2.44. The first-order chi connectivity index (χ1) is 16.7. The van der Waals surface area contributed by atoms with Crippen molar-refractivity contribution in [2.24, 2.45) is 0 Å². The Morgan fingerprint density at radius 3 is 1.86 bits per heavy atom. The molecule has 4 aromatic rings. The normalized spacial score (nSPS) is 14.9. The summed E-state index contributed by atoms with van der Waals surface area (Å²) in [4.78, 5) is 29.8. The summed E-state index contributed by atoms with van der Waals surface area (Å²) in [6.45, 7) is 9.35. The lowest BCUT2D eigenvalue weighted by atomic mass is 9.66. The van der Waals surface area contributed by atoms with Crippen molar-refractivity contribution in [3.8, 4) is 0 Å². The van der Waals surface area contributed by atoms with Crippen LogP contribution in [-0.4, -0.2) is 22.1 Å². The number of anilines is 1. The van der Waals surface area contributed by atoms with Crippen molar-refractivity contribution in [2.75, 3.05) is 4.90 Å². The Morgan fingerprint density at radius 1 is 0.771 bits per heavy atom. The van der Waals surface area contributed by atoms with Crippen LogP contribution in [0.15, 0.2) is 57.6 Å². The zero-order valence-corrected chi connectivity index (χ0v) is 20.5. The van der Waals surface area contributed by atoms with Crippen molar-refractivity contribution in [1.29, 1.82) is 0 Å². The number of carbonyl (C=O) groups is 2. The molecule has 2 aromatic carbocycles. The van der Waals surface area contributed by atoms with Crippen LogP contribution in [0.1, 0.15) is 55.5 Å². The molecule has 0 aliphatic carbocycles. The second kappa shape index (κ2) is 8.34. The number of hydrogen-bond acceptors (Lipinski definition) is 6. The van der Waals surface area contributed by atoms with Crippen LogP contribution in [0.4, 0.5) is 5.69 Å². The van der Waals surface area contributed by atoms with Gasteiger partial charge in [0.05, 0.1) is 22.5 Å². The zero-order chi connectivity index (χ0) is 24.9. The fourth-order valence-electron chi connectivity index (χ4n) is 5.18. The van der Waals surface area contributed by atoms with Crippen LogP contribution >= 0.6 is 0 Å². The van der Waals surface area contributed by atoms with Crippen molar-refractivity contribution >= 4 is 17.5 Å². The third-order valence-electron chi connectivity index (χ3n) is 7.16. The van der Waals surface area contributed by atoms with E-state index in [2.05, 4.69) is 10.3 Å². The lowest BCUT2D eigenvalue weighted by molar-refractivity contribution is -0.124. The Labute approximate surface area is 203 Å². The summed E-state index contributed by atoms with van der Waals surface area (Å²) in [5.74, 6) is 0.707. The van der Waals surface area contributed by atoms with Crippen molar-refractivity contribution in [3.05, 3.63) is 99.3 Å². The summed E-state index contributed by atoms with van der Waals surface area (Å²) in [6, 6.07) is 14.8. The number of benzene rings is 2. The highest BCUT2D eigenvalue weighted by Gasteiger charge is 2.52. The lowest BCUT2D eigenvalue weighted by Gasteiger charge is -2.42. The van der Waals surface area contributed by atoms with Gasteiger partial charge in [0.25, 0.3) is 5.91 Å². The molecule has 7 nitrogen and oxygen atoms in total. The number of nitrogens with zero attached hydrogens (tertiary/aromatic N) is 3. The second-order valence-corrected chi connectivity index (χ2v) is 9.32. The summed E-state index contributed by atoms with van der Waals surface area (Å²) < 4.78 is 10.9. The minimum absolute atomic E-state index is 0.282. The Bertz CT molecular complexity index is 1380. The quantitative estimate of drug-likeness (QED) is 0.377. The van der Waals surface area contributed by atoms with E-state index in [1.807, 2.05) is 77.1 Å². The third kappa shape index (κ3) is 3.50. The van der Waals surface area contributed by atoms with Crippen LogP contribution in [-0.2, 0) is 23.1 Å². The zero-order valence-electron chi connectivity index (χ0n) is 20.5. The molecule has 0 unspecified atom stereocenters. The first kappa shape index (κ1) is 22.8. The molecule has 0 saturated heterocycles. The molecule has 1 aliphatic heterocycles. The van der Waals surface area contributed by atoms with E-state index >= 15 is 0 Å². The molecular weight excluding hydrogens is 442 g/mol. The summed E-state index contributed by atoms with van der Waals surface area (Å²) >= 11 is 0. The average molecular weight is 470 g/mol. The Hall–Kier alpha value is -4.00. The largest absolute Gasteiger partial charge is 0.361 e. The molecule has 35 heavy (non-hydrogen) atoms. The highest BCUT2D eigenvalue weighted by atomic mass is 16.5. The topological polar surface area (TPSA) is 89.4 Å². The van der Waals surface area contributed by atoms with Gasteiger partial charge in [-0.15, -0.1) is 0 Å². The predicted molar refractivity (Wildman–Crippen MR) is 130 cm³/mol. The Balaban J connectivity index is 1.81.